The zero-order valence-electron chi connectivity index (χ0n) is 15.9. The van der Waals surface area contributed by atoms with E-state index in [1.807, 2.05) is 20.8 Å². The number of aliphatic carboxylic acids is 1. The second-order valence-electron chi connectivity index (χ2n) is 8.18. The first-order valence-electron chi connectivity index (χ1n) is 9.19. The largest absolute Gasteiger partial charge is 0.548 e. The van der Waals surface area contributed by atoms with Crippen molar-refractivity contribution in [2.45, 2.75) is 45.4 Å². The standard InChI is InChI=1S/C20H26N2O5/c1-19(2,3)18(26)21-11-9-20(10-12-21)22(15(13-27-20)17(24)25)16(23)14-7-5-4-6-8-14/h4-8,15H,9-13H2,1-3H3,(H,24,25)/p-1/t15-/m1/s1. The van der Waals surface area contributed by atoms with Gasteiger partial charge in [-0.2, -0.15) is 0 Å². The van der Waals surface area contributed by atoms with E-state index in [2.05, 4.69) is 0 Å². The van der Waals surface area contributed by atoms with Gasteiger partial charge in [-0.25, -0.2) is 0 Å². The van der Waals surface area contributed by atoms with Crippen LogP contribution in [0.5, 0.6) is 0 Å². The summed E-state index contributed by atoms with van der Waals surface area (Å²) in [6, 6.07) is 7.42. The van der Waals surface area contributed by atoms with Crippen molar-refractivity contribution in [2.24, 2.45) is 5.41 Å². The Morgan fingerprint density at radius 1 is 1.11 bits per heavy atom. The molecule has 2 fully saturated rings. The van der Waals surface area contributed by atoms with Gasteiger partial charge in [0.2, 0.25) is 5.91 Å². The maximum absolute atomic E-state index is 13.1. The lowest BCUT2D eigenvalue weighted by Crippen LogP contribution is -2.60. The first-order valence-corrected chi connectivity index (χ1v) is 9.19. The molecule has 7 nitrogen and oxygen atoms in total. The minimum atomic E-state index is -1.33. The van der Waals surface area contributed by atoms with E-state index in [-0.39, 0.29) is 12.5 Å². The molecule has 146 valence electrons. The number of amides is 2. The van der Waals surface area contributed by atoms with E-state index in [9.17, 15) is 19.5 Å². The van der Waals surface area contributed by atoms with Gasteiger partial charge in [-0.05, 0) is 12.1 Å². The van der Waals surface area contributed by atoms with Gasteiger partial charge in [-0.3, -0.25) is 14.5 Å². The number of carboxylic acid groups (broad SMARTS) is 1. The predicted octanol–water partition coefficient (Wildman–Crippen LogP) is 0.642. The molecule has 1 aromatic rings. The smallest absolute Gasteiger partial charge is 0.256 e. The lowest BCUT2D eigenvalue weighted by molar-refractivity contribution is -0.310. The highest BCUT2D eigenvalue weighted by Gasteiger charge is 2.52. The summed E-state index contributed by atoms with van der Waals surface area (Å²) in [5, 5.41) is 11.6. The van der Waals surface area contributed by atoms with Crippen LogP contribution in [0.2, 0.25) is 0 Å². The molecule has 0 saturated carbocycles. The molecule has 2 heterocycles. The third kappa shape index (κ3) is 3.56. The van der Waals surface area contributed by atoms with Gasteiger partial charge in [0.1, 0.15) is 5.72 Å². The van der Waals surface area contributed by atoms with Crippen LogP contribution in [0, 0.1) is 5.41 Å². The summed E-state index contributed by atoms with van der Waals surface area (Å²) in [4.78, 5) is 40.3. The van der Waals surface area contributed by atoms with Gasteiger partial charge >= 0.3 is 0 Å². The van der Waals surface area contributed by atoms with E-state index in [4.69, 9.17) is 4.74 Å². The molecule has 0 aliphatic carbocycles. The number of ether oxygens (including phenoxy) is 1. The SMILES string of the molecule is CC(C)(C)C(=O)N1CCC2(CC1)OC[C@H](C(=O)[O-])N2C(=O)c1ccccc1. The number of carboxylic acids is 1. The zero-order valence-corrected chi connectivity index (χ0v) is 15.9. The van der Waals surface area contributed by atoms with Crippen LogP contribution in [-0.4, -0.2) is 59.0 Å². The van der Waals surface area contributed by atoms with Crippen LogP contribution < -0.4 is 5.11 Å². The second-order valence-corrected chi connectivity index (χ2v) is 8.18. The second kappa shape index (κ2) is 6.96. The van der Waals surface area contributed by atoms with Crippen LogP contribution in [0.25, 0.3) is 0 Å². The number of hydrogen-bond donors (Lipinski definition) is 0. The number of carbonyl (C=O) groups is 3. The summed E-state index contributed by atoms with van der Waals surface area (Å²) < 4.78 is 5.87. The fourth-order valence-corrected chi connectivity index (χ4v) is 3.80. The average Bonchev–Trinajstić information content (AvgIpc) is 3.00. The third-order valence-corrected chi connectivity index (χ3v) is 5.25. The maximum Gasteiger partial charge on any atom is 0.256 e. The quantitative estimate of drug-likeness (QED) is 0.759. The van der Waals surface area contributed by atoms with E-state index >= 15 is 0 Å². The molecule has 7 heteroatoms. The summed E-state index contributed by atoms with van der Waals surface area (Å²) in [5.41, 5.74) is -1.11. The predicted molar refractivity (Wildman–Crippen MR) is 95.4 cm³/mol. The minimum absolute atomic E-state index is 0.0349. The molecule has 3 rings (SSSR count). The lowest BCUT2D eigenvalue weighted by atomic mass is 9.91. The van der Waals surface area contributed by atoms with Crippen LogP contribution in [0.1, 0.15) is 44.0 Å². The Morgan fingerprint density at radius 3 is 2.22 bits per heavy atom. The van der Waals surface area contributed by atoms with Gasteiger partial charge < -0.3 is 19.5 Å². The Bertz CT molecular complexity index is 732. The van der Waals surface area contributed by atoms with Crippen molar-refractivity contribution >= 4 is 17.8 Å². The summed E-state index contributed by atoms with van der Waals surface area (Å²) in [7, 11) is 0. The van der Waals surface area contributed by atoms with E-state index in [1.54, 1.807) is 35.2 Å². The molecule has 27 heavy (non-hydrogen) atoms. The topological polar surface area (TPSA) is 90.0 Å². The van der Waals surface area contributed by atoms with E-state index in [0.29, 0.717) is 31.5 Å². The Hall–Kier alpha value is -2.41. The molecule has 1 aromatic carbocycles. The van der Waals surface area contributed by atoms with Crippen molar-refractivity contribution in [1.82, 2.24) is 9.80 Å². The van der Waals surface area contributed by atoms with Crippen LogP contribution >= 0.6 is 0 Å². The molecule has 2 saturated heterocycles. The molecule has 2 aliphatic rings. The van der Waals surface area contributed by atoms with Crippen molar-refractivity contribution in [2.75, 3.05) is 19.7 Å². The van der Waals surface area contributed by atoms with Crippen molar-refractivity contribution in [3.8, 4) is 0 Å². The highest BCUT2D eigenvalue weighted by atomic mass is 16.5. The number of hydrogen-bond acceptors (Lipinski definition) is 5. The molecule has 2 aliphatic heterocycles. The number of nitrogens with zero attached hydrogens (tertiary/aromatic N) is 2. The van der Waals surface area contributed by atoms with Gasteiger partial charge in [0, 0.05) is 36.9 Å². The Balaban J connectivity index is 1.85. The molecular weight excluding hydrogens is 348 g/mol. The summed E-state index contributed by atoms with van der Waals surface area (Å²) in [6.07, 6.45) is 0.744. The van der Waals surface area contributed by atoms with Crippen LogP contribution in [-0.2, 0) is 14.3 Å². The Morgan fingerprint density at radius 2 is 1.70 bits per heavy atom. The highest BCUT2D eigenvalue weighted by Crippen LogP contribution is 2.39. The minimum Gasteiger partial charge on any atom is -0.548 e. The van der Waals surface area contributed by atoms with Gasteiger partial charge in [0.05, 0.1) is 18.6 Å². The van der Waals surface area contributed by atoms with Crippen LogP contribution in [0.4, 0.5) is 0 Å². The van der Waals surface area contributed by atoms with E-state index in [0.717, 1.165) is 0 Å². The van der Waals surface area contributed by atoms with Crippen molar-refractivity contribution in [3.05, 3.63) is 35.9 Å². The number of benzene rings is 1. The number of rotatable bonds is 2. The third-order valence-electron chi connectivity index (χ3n) is 5.25. The van der Waals surface area contributed by atoms with E-state index in [1.165, 1.54) is 4.90 Å². The van der Waals surface area contributed by atoms with Crippen LogP contribution in [0.3, 0.4) is 0 Å². The molecule has 1 spiro atoms. The first kappa shape index (κ1) is 19.4. The fraction of sp³-hybridized carbons (Fsp3) is 0.550. The number of likely N-dealkylation sites (tertiary alicyclic amines) is 1. The summed E-state index contributed by atoms with van der Waals surface area (Å²) in [5.74, 6) is -1.69. The van der Waals surface area contributed by atoms with Gasteiger partial charge in [0.15, 0.2) is 0 Å². The van der Waals surface area contributed by atoms with Crippen molar-refractivity contribution < 1.29 is 24.2 Å². The average molecular weight is 373 g/mol. The van der Waals surface area contributed by atoms with Crippen LogP contribution in [0.15, 0.2) is 30.3 Å². The maximum atomic E-state index is 13.1. The van der Waals surface area contributed by atoms with E-state index < -0.39 is 29.1 Å². The molecule has 0 N–H and O–H groups in total. The molecule has 0 bridgehead atoms. The fourth-order valence-electron chi connectivity index (χ4n) is 3.80. The Labute approximate surface area is 158 Å². The molecule has 0 radical (unpaired) electrons. The van der Waals surface area contributed by atoms with Gasteiger partial charge in [-0.1, -0.05) is 39.0 Å². The molecule has 1 atom stereocenters. The van der Waals surface area contributed by atoms with Crippen molar-refractivity contribution in [1.29, 1.82) is 0 Å². The Kier molecular flexibility index (Phi) is 4.99. The number of carbonyl (C=O) groups excluding carboxylic acids is 3. The summed E-state index contributed by atoms with van der Waals surface area (Å²) in [6.45, 7) is 6.31. The molecular formula is C20H25N2O5-. The summed E-state index contributed by atoms with van der Waals surface area (Å²) >= 11 is 0. The first-order chi connectivity index (χ1) is 12.7. The van der Waals surface area contributed by atoms with Crippen molar-refractivity contribution in [3.63, 3.8) is 0 Å². The monoisotopic (exact) mass is 373 g/mol. The van der Waals surface area contributed by atoms with Gasteiger partial charge in [0.25, 0.3) is 5.91 Å². The lowest BCUT2D eigenvalue weighted by Gasteiger charge is -2.45. The van der Waals surface area contributed by atoms with Gasteiger partial charge in [-0.15, -0.1) is 0 Å². The molecule has 0 aromatic heterocycles. The number of piperidine rings is 1. The highest BCUT2D eigenvalue weighted by molar-refractivity contribution is 5.97. The zero-order chi connectivity index (χ0) is 19.8. The molecule has 2 amide bonds. The normalized spacial score (nSPS) is 22.1. The molecule has 0 unspecified atom stereocenters.